The van der Waals surface area contributed by atoms with Gasteiger partial charge in [0.25, 0.3) is 0 Å². The molecule has 2 bridgehead atoms. The van der Waals surface area contributed by atoms with E-state index in [4.69, 9.17) is 4.74 Å². The summed E-state index contributed by atoms with van der Waals surface area (Å²) < 4.78 is 5.13. The Morgan fingerprint density at radius 2 is 1.95 bits per heavy atom. The Bertz CT molecular complexity index is 482. The summed E-state index contributed by atoms with van der Waals surface area (Å²) in [6, 6.07) is 7.45. The second-order valence-corrected chi connectivity index (χ2v) is 6.54. The maximum Gasteiger partial charge on any atom is 0.164 e. The van der Waals surface area contributed by atoms with Crippen LogP contribution in [0.1, 0.15) is 42.5 Å². The molecule has 0 amide bonds. The van der Waals surface area contributed by atoms with Crippen LogP contribution in [-0.2, 0) is 0 Å². The Balaban J connectivity index is 1.50. The van der Waals surface area contributed by atoms with Crippen molar-refractivity contribution in [2.45, 2.75) is 32.1 Å². The molecule has 1 aliphatic carbocycles. The number of carbonyl (C=O) groups is 1. The second-order valence-electron chi connectivity index (χ2n) is 6.54. The molecule has 3 nitrogen and oxygen atoms in total. The van der Waals surface area contributed by atoms with Gasteiger partial charge in [0.2, 0.25) is 0 Å². The molecular weight excluding hydrogens is 262 g/mol. The standard InChI is InChI=1S/C18H25NO2/c1-21-17-6-4-16(5-7-17)18(20)9-11-19-10-8-14-2-3-15(12-14)13-19/h4-7,14-15H,2-3,8-13H2,1H3/t14-,15+/m1/s1. The fraction of sp³-hybridized carbons (Fsp3) is 0.611. The molecule has 3 rings (SSSR count). The van der Waals surface area contributed by atoms with E-state index in [9.17, 15) is 4.79 Å². The van der Waals surface area contributed by atoms with Gasteiger partial charge in [-0.2, -0.15) is 0 Å². The van der Waals surface area contributed by atoms with Gasteiger partial charge in [0.05, 0.1) is 7.11 Å². The van der Waals surface area contributed by atoms with Crippen LogP contribution in [0, 0.1) is 11.8 Å². The summed E-state index contributed by atoms with van der Waals surface area (Å²) in [5.41, 5.74) is 0.798. The number of benzene rings is 1. The predicted molar refractivity (Wildman–Crippen MR) is 83.8 cm³/mol. The number of rotatable bonds is 5. The van der Waals surface area contributed by atoms with Gasteiger partial charge in [-0.3, -0.25) is 4.79 Å². The lowest BCUT2D eigenvalue weighted by Gasteiger charge is -2.24. The topological polar surface area (TPSA) is 29.5 Å². The average Bonchev–Trinajstić information content (AvgIpc) is 2.85. The fourth-order valence-electron chi connectivity index (χ4n) is 3.81. The summed E-state index contributed by atoms with van der Waals surface area (Å²) in [7, 11) is 1.64. The molecule has 0 aromatic heterocycles. The number of likely N-dealkylation sites (tertiary alicyclic amines) is 1. The minimum Gasteiger partial charge on any atom is -0.497 e. The summed E-state index contributed by atoms with van der Waals surface area (Å²) in [6.45, 7) is 3.29. The van der Waals surface area contributed by atoms with Crippen molar-refractivity contribution < 1.29 is 9.53 Å². The first-order chi connectivity index (χ1) is 10.2. The van der Waals surface area contributed by atoms with Gasteiger partial charge in [0, 0.05) is 25.1 Å². The van der Waals surface area contributed by atoms with E-state index in [1.165, 1.54) is 38.8 Å². The second kappa shape index (κ2) is 6.61. The van der Waals surface area contributed by atoms with Gasteiger partial charge in [0.15, 0.2) is 5.78 Å². The van der Waals surface area contributed by atoms with E-state index in [1.807, 2.05) is 24.3 Å². The summed E-state index contributed by atoms with van der Waals surface area (Å²) >= 11 is 0. The number of carbonyl (C=O) groups excluding carboxylic acids is 1. The number of hydrogen-bond donors (Lipinski definition) is 0. The van der Waals surface area contributed by atoms with Crippen LogP contribution in [0.15, 0.2) is 24.3 Å². The van der Waals surface area contributed by atoms with Gasteiger partial charge < -0.3 is 9.64 Å². The van der Waals surface area contributed by atoms with Crippen molar-refractivity contribution in [3.05, 3.63) is 29.8 Å². The summed E-state index contributed by atoms with van der Waals surface area (Å²) in [6.07, 6.45) is 6.21. The monoisotopic (exact) mass is 287 g/mol. The number of ether oxygens (including phenoxy) is 1. The average molecular weight is 287 g/mol. The number of nitrogens with zero attached hydrogens (tertiary/aromatic N) is 1. The molecule has 3 heteroatoms. The lowest BCUT2D eigenvalue weighted by Crippen LogP contribution is -2.31. The van der Waals surface area contributed by atoms with E-state index >= 15 is 0 Å². The zero-order chi connectivity index (χ0) is 14.7. The molecule has 2 aliphatic rings. The molecule has 0 N–H and O–H groups in total. The molecule has 2 atom stereocenters. The van der Waals surface area contributed by atoms with Gasteiger partial charge in [-0.05, 0) is 61.9 Å². The number of fused-ring (bicyclic) bond motifs is 2. The van der Waals surface area contributed by atoms with Crippen LogP contribution in [0.4, 0.5) is 0 Å². The molecule has 0 spiro atoms. The molecule has 2 fully saturated rings. The molecular formula is C18H25NO2. The van der Waals surface area contributed by atoms with Crippen LogP contribution in [-0.4, -0.2) is 37.4 Å². The van der Waals surface area contributed by atoms with Crippen molar-refractivity contribution >= 4 is 5.78 Å². The first-order valence-corrected chi connectivity index (χ1v) is 8.14. The fourth-order valence-corrected chi connectivity index (χ4v) is 3.81. The zero-order valence-corrected chi connectivity index (χ0v) is 12.9. The van der Waals surface area contributed by atoms with Crippen molar-refractivity contribution in [3.8, 4) is 5.75 Å². The lowest BCUT2D eigenvalue weighted by atomic mass is 10.0. The highest BCUT2D eigenvalue weighted by molar-refractivity contribution is 5.96. The van der Waals surface area contributed by atoms with Gasteiger partial charge >= 0.3 is 0 Å². The molecule has 1 heterocycles. The first kappa shape index (κ1) is 14.6. The Labute approximate surface area is 127 Å². The smallest absolute Gasteiger partial charge is 0.164 e. The Morgan fingerprint density at radius 1 is 1.19 bits per heavy atom. The number of hydrogen-bond acceptors (Lipinski definition) is 3. The number of methoxy groups -OCH3 is 1. The highest BCUT2D eigenvalue weighted by Crippen LogP contribution is 2.36. The molecule has 0 unspecified atom stereocenters. The first-order valence-electron chi connectivity index (χ1n) is 8.14. The summed E-state index contributed by atoms with van der Waals surface area (Å²) in [5.74, 6) is 2.88. The van der Waals surface area contributed by atoms with E-state index in [1.54, 1.807) is 7.11 Å². The molecule has 1 aromatic rings. The van der Waals surface area contributed by atoms with Gasteiger partial charge in [-0.25, -0.2) is 0 Å². The molecule has 114 valence electrons. The maximum absolute atomic E-state index is 12.3. The molecule has 1 saturated heterocycles. The predicted octanol–water partition coefficient (Wildman–Crippen LogP) is 3.39. The molecule has 21 heavy (non-hydrogen) atoms. The van der Waals surface area contributed by atoms with Crippen LogP contribution in [0.3, 0.4) is 0 Å². The van der Waals surface area contributed by atoms with Crippen LogP contribution >= 0.6 is 0 Å². The van der Waals surface area contributed by atoms with Gasteiger partial charge in [0.1, 0.15) is 5.75 Å². The number of ketones is 1. The third kappa shape index (κ3) is 3.65. The largest absolute Gasteiger partial charge is 0.497 e. The van der Waals surface area contributed by atoms with Crippen LogP contribution in [0.25, 0.3) is 0 Å². The van der Waals surface area contributed by atoms with E-state index in [2.05, 4.69) is 4.90 Å². The molecule has 1 aliphatic heterocycles. The van der Waals surface area contributed by atoms with Crippen LogP contribution in [0.2, 0.25) is 0 Å². The van der Waals surface area contributed by atoms with Gasteiger partial charge in [-0.15, -0.1) is 0 Å². The molecule has 0 radical (unpaired) electrons. The summed E-state index contributed by atoms with van der Waals surface area (Å²) in [4.78, 5) is 14.8. The minimum absolute atomic E-state index is 0.243. The van der Waals surface area contributed by atoms with Crippen LogP contribution in [0.5, 0.6) is 5.75 Å². The van der Waals surface area contributed by atoms with E-state index in [-0.39, 0.29) is 5.78 Å². The quantitative estimate of drug-likeness (QED) is 0.777. The van der Waals surface area contributed by atoms with Crippen molar-refractivity contribution in [2.75, 3.05) is 26.7 Å². The zero-order valence-electron chi connectivity index (χ0n) is 12.9. The van der Waals surface area contributed by atoms with E-state index in [0.29, 0.717) is 6.42 Å². The van der Waals surface area contributed by atoms with Crippen molar-refractivity contribution in [3.63, 3.8) is 0 Å². The SMILES string of the molecule is COc1ccc(C(=O)CCN2CC[C@H]3CC[C@@H](C3)C2)cc1. The normalized spacial score (nSPS) is 25.6. The highest BCUT2D eigenvalue weighted by Gasteiger charge is 2.29. The van der Waals surface area contributed by atoms with Crippen molar-refractivity contribution in [1.82, 2.24) is 4.90 Å². The lowest BCUT2D eigenvalue weighted by molar-refractivity contribution is 0.0960. The van der Waals surface area contributed by atoms with Gasteiger partial charge in [-0.1, -0.05) is 6.42 Å². The third-order valence-corrected chi connectivity index (χ3v) is 5.09. The van der Waals surface area contributed by atoms with E-state index < -0.39 is 0 Å². The van der Waals surface area contributed by atoms with Crippen LogP contribution < -0.4 is 4.74 Å². The number of Topliss-reactive ketones (excluding diaryl/α,β-unsaturated/α-hetero) is 1. The van der Waals surface area contributed by atoms with Crippen molar-refractivity contribution in [2.24, 2.45) is 11.8 Å². The van der Waals surface area contributed by atoms with Crippen molar-refractivity contribution in [1.29, 1.82) is 0 Å². The Morgan fingerprint density at radius 3 is 2.71 bits per heavy atom. The maximum atomic E-state index is 12.3. The minimum atomic E-state index is 0.243. The molecule has 1 saturated carbocycles. The third-order valence-electron chi connectivity index (χ3n) is 5.09. The highest BCUT2D eigenvalue weighted by atomic mass is 16.5. The molecule has 1 aromatic carbocycles. The Kier molecular flexibility index (Phi) is 4.59. The Hall–Kier alpha value is -1.35. The van der Waals surface area contributed by atoms with E-state index in [0.717, 1.165) is 29.7 Å². The summed E-state index contributed by atoms with van der Waals surface area (Å²) in [5, 5.41) is 0.